The van der Waals surface area contributed by atoms with E-state index in [2.05, 4.69) is 21.3 Å². The molecule has 1 aromatic rings. The van der Waals surface area contributed by atoms with Crippen molar-refractivity contribution < 1.29 is 4.79 Å². The van der Waals surface area contributed by atoms with Crippen LogP contribution >= 0.6 is 0 Å². The Morgan fingerprint density at radius 1 is 1.30 bits per heavy atom. The summed E-state index contributed by atoms with van der Waals surface area (Å²) >= 11 is 0. The molecule has 23 heavy (non-hydrogen) atoms. The first-order chi connectivity index (χ1) is 11.2. The number of carbonyl (C=O) groups is 1. The average molecular weight is 314 g/mol. The highest BCUT2D eigenvalue weighted by atomic mass is 16.1. The topological polar surface area (TPSA) is 71.2 Å². The molecule has 4 atom stereocenters. The third-order valence-electron chi connectivity index (χ3n) is 5.99. The highest BCUT2D eigenvalue weighted by molar-refractivity contribution is 5.80. The van der Waals surface area contributed by atoms with Crippen LogP contribution in [0.15, 0.2) is 18.3 Å². The minimum absolute atomic E-state index is 0.0219. The summed E-state index contributed by atoms with van der Waals surface area (Å²) in [4.78, 5) is 19.3. The van der Waals surface area contributed by atoms with Gasteiger partial charge in [-0.2, -0.15) is 0 Å². The Labute approximate surface area is 137 Å². The van der Waals surface area contributed by atoms with E-state index >= 15 is 0 Å². The highest BCUT2D eigenvalue weighted by Gasteiger charge is 2.48. The van der Waals surface area contributed by atoms with Crippen molar-refractivity contribution in [1.82, 2.24) is 10.3 Å². The third kappa shape index (κ3) is 2.82. The van der Waals surface area contributed by atoms with Gasteiger partial charge in [0.25, 0.3) is 0 Å². The number of hydrogen-bond donors (Lipinski definition) is 2. The fourth-order valence-corrected chi connectivity index (χ4v) is 4.72. The van der Waals surface area contributed by atoms with Crippen molar-refractivity contribution in [2.24, 2.45) is 23.5 Å². The second-order valence-electron chi connectivity index (χ2n) is 7.37. The zero-order valence-corrected chi connectivity index (χ0v) is 13.6. The Kier molecular flexibility index (Phi) is 3.97. The highest BCUT2D eigenvalue weighted by Crippen LogP contribution is 2.47. The smallest absolute Gasteiger partial charge is 0.225 e. The Balaban J connectivity index is 1.37. The zero-order chi connectivity index (χ0) is 15.8. The van der Waals surface area contributed by atoms with E-state index in [0.717, 1.165) is 30.9 Å². The first kappa shape index (κ1) is 14.9. The average Bonchev–Trinajstić information content (AvgIpc) is 3.30. The molecule has 124 valence electrons. The summed E-state index contributed by atoms with van der Waals surface area (Å²) in [6, 6.07) is 4.15. The molecule has 5 heteroatoms. The molecule has 1 aliphatic heterocycles. The van der Waals surface area contributed by atoms with Crippen LogP contribution in [-0.2, 0) is 11.3 Å². The largest absolute Gasteiger partial charge is 0.357 e. The molecule has 3 N–H and O–H groups in total. The van der Waals surface area contributed by atoms with Crippen LogP contribution in [-0.4, -0.2) is 30.0 Å². The van der Waals surface area contributed by atoms with Crippen molar-refractivity contribution >= 4 is 11.7 Å². The van der Waals surface area contributed by atoms with Crippen LogP contribution in [0.4, 0.5) is 5.82 Å². The maximum absolute atomic E-state index is 12.5. The Hall–Kier alpha value is -1.62. The number of rotatable bonds is 4. The van der Waals surface area contributed by atoms with Crippen LogP contribution in [0.1, 0.15) is 37.7 Å². The van der Waals surface area contributed by atoms with Gasteiger partial charge in [0.15, 0.2) is 0 Å². The molecule has 3 fully saturated rings. The van der Waals surface area contributed by atoms with Gasteiger partial charge < -0.3 is 16.0 Å². The molecular weight excluding hydrogens is 288 g/mol. The number of carbonyl (C=O) groups excluding carboxylic acids is 1. The number of nitrogens with two attached hydrogens (primary N) is 1. The van der Waals surface area contributed by atoms with Crippen molar-refractivity contribution in [3.63, 3.8) is 0 Å². The van der Waals surface area contributed by atoms with Crippen LogP contribution in [0, 0.1) is 17.8 Å². The lowest BCUT2D eigenvalue weighted by atomic mass is 9.84. The molecule has 1 amide bonds. The minimum Gasteiger partial charge on any atom is -0.357 e. The van der Waals surface area contributed by atoms with Gasteiger partial charge in [0, 0.05) is 31.9 Å². The number of pyridine rings is 1. The van der Waals surface area contributed by atoms with Crippen LogP contribution in [0.5, 0.6) is 0 Å². The molecule has 4 rings (SSSR count). The van der Waals surface area contributed by atoms with Crippen molar-refractivity contribution in [3.8, 4) is 0 Å². The number of nitrogens with zero attached hydrogens (tertiary/aromatic N) is 2. The first-order valence-corrected chi connectivity index (χ1v) is 8.95. The molecule has 0 radical (unpaired) electrons. The van der Waals surface area contributed by atoms with Crippen LogP contribution in [0.3, 0.4) is 0 Å². The number of nitrogens with one attached hydrogen (secondary N) is 1. The maximum atomic E-state index is 12.5. The van der Waals surface area contributed by atoms with Gasteiger partial charge in [-0.3, -0.25) is 4.79 Å². The van der Waals surface area contributed by atoms with Crippen molar-refractivity contribution in [1.29, 1.82) is 0 Å². The lowest BCUT2D eigenvalue weighted by molar-refractivity contribution is -0.127. The quantitative estimate of drug-likeness (QED) is 0.887. The second-order valence-corrected chi connectivity index (χ2v) is 7.37. The summed E-state index contributed by atoms with van der Waals surface area (Å²) in [6.45, 7) is 2.74. The predicted octanol–water partition coefficient (Wildman–Crippen LogP) is 1.67. The lowest BCUT2D eigenvalue weighted by Crippen LogP contribution is -2.45. The van der Waals surface area contributed by atoms with E-state index in [-0.39, 0.29) is 17.9 Å². The zero-order valence-electron chi connectivity index (χ0n) is 13.6. The van der Waals surface area contributed by atoms with Gasteiger partial charge >= 0.3 is 0 Å². The molecule has 1 aromatic heterocycles. The molecule has 0 aromatic carbocycles. The van der Waals surface area contributed by atoms with Gasteiger partial charge in [-0.25, -0.2) is 4.98 Å². The standard InChI is InChI=1S/C18H26N4O/c19-17-14-4-3-13(10-14)16(17)18(23)21-11-12-5-6-20-15(9-12)22-7-1-2-8-22/h5-6,9,13-14,16-17H,1-4,7-8,10-11,19H2,(H,21,23). The van der Waals surface area contributed by atoms with E-state index in [9.17, 15) is 4.79 Å². The molecule has 4 unspecified atom stereocenters. The molecule has 2 bridgehead atoms. The first-order valence-electron chi connectivity index (χ1n) is 8.95. The van der Waals surface area contributed by atoms with E-state index in [1.165, 1.54) is 25.7 Å². The number of aromatic nitrogens is 1. The molecular formula is C18H26N4O. The Morgan fingerprint density at radius 2 is 2.09 bits per heavy atom. The van der Waals surface area contributed by atoms with E-state index < -0.39 is 0 Å². The van der Waals surface area contributed by atoms with Gasteiger partial charge in [-0.15, -0.1) is 0 Å². The SMILES string of the molecule is NC1C2CCC(C2)C1C(=O)NCc1ccnc(N2CCCC2)c1. The van der Waals surface area contributed by atoms with E-state index in [1.54, 1.807) is 0 Å². The van der Waals surface area contributed by atoms with Gasteiger partial charge in [-0.1, -0.05) is 0 Å². The summed E-state index contributed by atoms with van der Waals surface area (Å²) < 4.78 is 0. The molecule has 3 aliphatic rings. The molecule has 5 nitrogen and oxygen atoms in total. The van der Waals surface area contributed by atoms with Crippen molar-refractivity contribution in [2.75, 3.05) is 18.0 Å². The summed E-state index contributed by atoms with van der Waals surface area (Å²) in [6.07, 6.45) is 7.85. The summed E-state index contributed by atoms with van der Waals surface area (Å²) in [5, 5.41) is 3.11. The third-order valence-corrected chi connectivity index (χ3v) is 5.99. The molecule has 2 aliphatic carbocycles. The van der Waals surface area contributed by atoms with E-state index in [1.807, 2.05) is 12.3 Å². The van der Waals surface area contributed by atoms with Gasteiger partial charge in [0.1, 0.15) is 5.82 Å². The number of fused-ring (bicyclic) bond motifs is 2. The second kappa shape index (κ2) is 6.11. The van der Waals surface area contributed by atoms with E-state index in [4.69, 9.17) is 5.73 Å². The normalized spacial score (nSPS) is 32.5. The van der Waals surface area contributed by atoms with Crippen molar-refractivity contribution in [3.05, 3.63) is 23.9 Å². The van der Waals surface area contributed by atoms with Gasteiger partial charge in [0.05, 0.1) is 5.92 Å². The van der Waals surface area contributed by atoms with Crippen LogP contribution in [0.2, 0.25) is 0 Å². The summed E-state index contributed by atoms with van der Waals surface area (Å²) in [5.74, 6) is 2.27. The number of anilines is 1. The lowest BCUT2D eigenvalue weighted by Gasteiger charge is -2.27. The maximum Gasteiger partial charge on any atom is 0.225 e. The predicted molar refractivity (Wildman–Crippen MR) is 89.8 cm³/mol. The molecule has 2 heterocycles. The van der Waals surface area contributed by atoms with E-state index in [0.29, 0.717) is 18.4 Å². The summed E-state index contributed by atoms with van der Waals surface area (Å²) in [7, 11) is 0. The molecule has 2 saturated carbocycles. The number of hydrogen-bond acceptors (Lipinski definition) is 4. The molecule has 0 spiro atoms. The van der Waals surface area contributed by atoms with Crippen molar-refractivity contribution in [2.45, 2.75) is 44.7 Å². The number of amides is 1. The Morgan fingerprint density at radius 3 is 2.83 bits per heavy atom. The van der Waals surface area contributed by atoms with Crippen LogP contribution < -0.4 is 16.0 Å². The molecule has 1 saturated heterocycles. The summed E-state index contributed by atoms with van der Waals surface area (Å²) in [5.41, 5.74) is 7.38. The van der Waals surface area contributed by atoms with Crippen LogP contribution in [0.25, 0.3) is 0 Å². The Bertz CT molecular complexity index is 582. The minimum atomic E-state index is 0.0219. The fraction of sp³-hybridized carbons (Fsp3) is 0.667. The monoisotopic (exact) mass is 314 g/mol. The van der Waals surface area contributed by atoms with Gasteiger partial charge in [0.2, 0.25) is 5.91 Å². The van der Waals surface area contributed by atoms with Gasteiger partial charge in [-0.05, 0) is 61.6 Å². The fourth-order valence-electron chi connectivity index (χ4n) is 4.72.